The zero-order chi connectivity index (χ0) is 10.0. The summed E-state index contributed by atoms with van der Waals surface area (Å²) in [4.78, 5) is 0. The fourth-order valence-electron chi connectivity index (χ4n) is 2.19. The molecule has 1 heterocycles. The molecule has 80 valence electrons. The normalized spacial score (nSPS) is 30.8. The molecule has 2 fully saturated rings. The molecule has 0 amide bonds. The smallest absolute Gasteiger partial charge is 0.169 e. The molecule has 0 aromatic heterocycles. The van der Waals surface area contributed by atoms with Crippen LogP contribution in [0, 0.1) is 0 Å². The molecule has 1 aliphatic heterocycles. The maximum absolute atomic E-state index is 5.99. The van der Waals surface area contributed by atoms with Crippen molar-refractivity contribution < 1.29 is 9.47 Å². The number of halogens is 1. The summed E-state index contributed by atoms with van der Waals surface area (Å²) in [7, 11) is 0. The highest BCUT2D eigenvalue weighted by atomic mass is 79.9. The molecule has 3 heteroatoms. The Kier molecular flexibility index (Phi) is 3.30. The minimum absolute atomic E-state index is 0.104. The number of hydrogen-bond donors (Lipinski definition) is 0. The van der Waals surface area contributed by atoms with Gasteiger partial charge in [0, 0.05) is 18.2 Å². The highest BCUT2D eigenvalue weighted by Gasteiger charge is 2.42. The summed E-state index contributed by atoms with van der Waals surface area (Å²) in [6, 6.07) is 0. The molecule has 1 saturated carbocycles. The van der Waals surface area contributed by atoms with Gasteiger partial charge in [0.1, 0.15) is 6.10 Å². The van der Waals surface area contributed by atoms with Crippen LogP contribution < -0.4 is 0 Å². The van der Waals surface area contributed by atoms with Gasteiger partial charge < -0.3 is 9.47 Å². The van der Waals surface area contributed by atoms with Crippen molar-refractivity contribution in [3.05, 3.63) is 12.2 Å². The van der Waals surface area contributed by atoms with Crippen molar-refractivity contribution in [3.63, 3.8) is 0 Å². The van der Waals surface area contributed by atoms with Crippen LogP contribution >= 0.6 is 15.9 Å². The Hall–Kier alpha value is 0.140. The Morgan fingerprint density at radius 3 is 2.71 bits per heavy atom. The Balaban J connectivity index is 1.95. The number of alkyl halides is 1. The van der Waals surface area contributed by atoms with Gasteiger partial charge in [-0.15, -0.1) is 0 Å². The quantitative estimate of drug-likeness (QED) is 0.562. The van der Waals surface area contributed by atoms with Gasteiger partial charge in [0.25, 0.3) is 0 Å². The zero-order valence-corrected chi connectivity index (χ0v) is 10.0. The van der Waals surface area contributed by atoms with Gasteiger partial charge in [0.05, 0.1) is 6.61 Å². The van der Waals surface area contributed by atoms with Gasteiger partial charge in [-0.2, -0.15) is 0 Å². The molecule has 1 saturated heterocycles. The molecule has 0 bridgehead atoms. The van der Waals surface area contributed by atoms with Crippen molar-refractivity contribution in [2.24, 2.45) is 0 Å². The highest BCUT2D eigenvalue weighted by Crippen LogP contribution is 2.39. The number of hydrogen-bond acceptors (Lipinski definition) is 2. The fraction of sp³-hybridized carbons (Fsp3) is 0.818. The van der Waals surface area contributed by atoms with Crippen molar-refractivity contribution in [3.8, 4) is 0 Å². The van der Waals surface area contributed by atoms with Crippen LogP contribution in [0.1, 0.15) is 32.1 Å². The van der Waals surface area contributed by atoms with Crippen molar-refractivity contribution in [2.75, 3.05) is 11.9 Å². The second-order valence-electron chi connectivity index (χ2n) is 4.18. The van der Waals surface area contributed by atoms with E-state index in [0.29, 0.717) is 6.61 Å². The predicted octanol–water partition coefficient (Wildman–Crippen LogP) is 3.01. The first kappa shape index (κ1) is 10.7. The molecule has 2 aliphatic rings. The summed E-state index contributed by atoms with van der Waals surface area (Å²) < 4.78 is 11.8. The molecular formula is C11H17BrO2. The lowest BCUT2D eigenvalue weighted by Crippen LogP contribution is -2.33. The first-order valence-corrected chi connectivity index (χ1v) is 6.43. The lowest BCUT2D eigenvalue weighted by molar-refractivity contribution is -0.183. The topological polar surface area (TPSA) is 18.5 Å². The Labute approximate surface area is 93.8 Å². The molecular weight excluding hydrogens is 244 g/mol. The standard InChI is InChI=1S/C11H17BrO2/c1-9(7-12)10-8-13-11(14-10)5-3-2-4-6-11/h10H,1-8H2/t10-/m1/s1. The van der Waals surface area contributed by atoms with Crippen molar-refractivity contribution in [1.82, 2.24) is 0 Å². The minimum Gasteiger partial charge on any atom is -0.347 e. The summed E-state index contributed by atoms with van der Waals surface area (Å²) in [5, 5.41) is 0.803. The SMILES string of the molecule is C=C(CBr)[C@H]1COC2(CCCCC2)O1. The van der Waals surface area contributed by atoms with Gasteiger partial charge in [-0.05, 0) is 18.4 Å². The summed E-state index contributed by atoms with van der Waals surface area (Å²) in [5.41, 5.74) is 1.09. The van der Waals surface area contributed by atoms with Crippen LogP contribution in [0.15, 0.2) is 12.2 Å². The van der Waals surface area contributed by atoms with Crippen molar-refractivity contribution in [1.29, 1.82) is 0 Å². The van der Waals surface area contributed by atoms with Gasteiger partial charge in [-0.25, -0.2) is 0 Å². The third-order valence-electron chi connectivity index (χ3n) is 3.10. The Morgan fingerprint density at radius 2 is 2.07 bits per heavy atom. The van der Waals surface area contributed by atoms with E-state index < -0.39 is 0 Å². The van der Waals surface area contributed by atoms with Crippen molar-refractivity contribution in [2.45, 2.75) is 44.0 Å². The van der Waals surface area contributed by atoms with Gasteiger partial charge in [0.2, 0.25) is 0 Å². The van der Waals surface area contributed by atoms with Gasteiger partial charge in [-0.1, -0.05) is 28.9 Å². The van der Waals surface area contributed by atoms with E-state index >= 15 is 0 Å². The van der Waals surface area contributed by atoms with Gasteiger partial charge >= 0.3 is 0 Å². The van der Waals surface area contributed by atoms with E-state index in [2.05, 4.69) is 22.5 Å². The van der Waals surface area contributed by atoms with Crippen LogP contribution in [-0.4, -0.2) is 23.8 Å². The maximum atomic E-state index is 5.99. The van der Waals surface area contributed by atoms with Crippen LogP contribution in [0.4, 0.5) is 0 Å². The van der Waals surface area contributed by atoms with E-state index in [1.54, 1.807) is 0 Å². The van der Waals surface area contributed by atoms with E-state index in [9.17, 15) is 0 Å². The summed E-state index contributed by atoms with van der Waals surface area (Å²) >= 11 is 3.40. The molecule has 0 aromatic carbocycles. The van der Waals surface area contributed by atoms with Crippen LogP contribution in [0.5, 0.6) is 0 Å². The molecule has 1 spiro atoms. The summed E-state index contributed by atoms with van der Waals surface area (Å²) in [6.07, 6.45) is 5.99. The molecule has 0 radical (unpaired) electrons. The van der Waals surface area contributed by atoms with E-state index in [4.69, 9.17) is 9.47 Å². The molecule has 2 rings (SSSR count). The third kappa shape index (κ3) is 2.05. The molecule has 2 nitrogen and oxygen atoms in total. The second kappa shape index (κ2) is 4.33. The number of ether oxygens (including phenoxy) is 2. The fourth-order valence-corrected chi connectivity index (χ4v) is 2.56. The lowest BCUT2D eigenvalue weighted by Gasteiger charge is -2.31. The predicted molar refractivity (Wildman–Crippen MR) is 59.6 cm³/mol. The average molecular weight is 261 g/mol. The molecule has 14 heavy (non-hydrogen) atoms. The lowest BCUT2D eigenvalue weighted by atomic mass is 9.94. The second-order valence-corrected chi connectivity index (χ2v) is 4.74. The van der Waals surface area contributed by atoms with Gasteiger partial charge in [-0.3, -0.25) is 0 Å². The minimum atomic E-state index is -0.256. The van der Waals surface area contributed by atoms with Crippen LogP contribution in [0.3, 0.4) is 0 Å². The van der Waals surface area contributed by atoms with Crippen LogP contribution in [0.25, 0.3) is 0 Å². The zero-order valence-electron chi connectivity index (χ0n) is 8.43. The number of rotatable bonds is 2. The molecule has 1 atom stereocenters. The first-order chi connectivity index (χ1) is 6.76. The maximum Gasteiger partial charge on any atom is 0.169 e. The van der Waals surface area contributed by atoms with E-state index in [1.807, 2.05) is 0 Å². The highest BCUT2D eigenvalue weighted by molar-refractivity contribution is 9.09. The van der Waals surface area contributed by atoms with E-state index in [1.165, 1.54) is 19.3 Å². The largest absolute Gasteiger partial charge is 0.347 e. The third-order valence-corrected chi connectivity index (χ3v) is 3.82. The molecule has 1 aliphatic carbocycles. The molecule has 0 N–H and O–H groups in total. The summed E-state index contributed by atoms with van der Waals surface area (Å²) in [6.45, 7) is 4.67. The van der Waals surface area contributed by atoms with E-state index in [-0.39, 0.29) is 11.9 Å². The van der Waals surface area contributed by atoms with Crippen LogP contribution in [-0.2, 0) is 9.47 Å². The van der Waals surface area contributed by atoms with E-state index in [0.717, 1.165) is 23.7 Å². The Morgan fingerprint density at radius 1 is 1.36 bits per heavy atom. The monoisotopic (exact) mass is 260 g/mol. The Bertz CT molecular complexity index is 221. The van der Waals surface area contributed by atoms with Crippen molar-refractivity contribution >= 4 is 15.9 Å². The summed E-state index contributed by atoms with van der Waals surface area (Å²) in [5.74, 6) is -0.256. The molecule has 0 aromatic rings. The molecule has 0 unspecified atom stereocenters. The van der Waals surface area contributed by atoms with Crippen LogP contribution in [0.2, 0.25) is 0 Å². The van der Waals surface area contributed by atoms with Gasteiger partial charge in [0.15, 0.2) is 5.79 Å². The average Bonchev–Trinajstić information content (AvgIpc) is 2.62. The first-order valence-electron chi connectivity index (χ1n) is 5.31.